The van der Waals surface area contributed by atoms with Crippen LogP contribution in [0.2, 0.25) is 0 Å². The Labute approximate surface area is 218 Å². The van der Waals surface area contributed by atoms with Gasteiger partial charge >= 0.3 is 0 Å². The van der Waals surface area contributed by atoms with Crippen molar-refractivity contribution in [2.75, 3.05) is 0 Å². The van der Waals surface area contributed by atoms with E-state index in [2.05, 4.69) is 133 Å². The molecule has 0 bridgehead atoms. The molecule has 0 N–H and O–H groups in total. The van der Waals surface area contributed by atoms with Gasteiger partial charge in [0.25, 0.3) is 0 Å². The fourth-order valence-corrected chi connectivity index (χ4v) is 2.66. The zero-order valence-electron chi connectivity index (χ0n) is 25.7. The first-order valence-corrected chi connectivity index (χ1v) is 13.9. The highest BCUT2D eigenvalue weighted by molar-refractivity contribution is 4.88. The summed E-state index contributed by atoms with van der Waals surface area (Å²) in [6.07, 6.45) is 20.7. The van der Waals surface area contributed by atoms with Crippen LogP contribution in [0.15, 0.2) is 62.3 Å². The molecule has 0 aromatic rings. The van der Waals surface area contributed by atoms with Crippen LogP contribution in [0.5, 0.6) is 0 Å². The van der Waals surface area contributed by atoms with Crippen LogP contribution in [0.25, 0.3) is 0 Å². The van der Waals surface area contributed by atoms with Crippen molar-refractivity contribution in [1.82, 2.24) is 0 Å². The molecule has 0 aromatic heterocycles. The lowest BCUT2D eigenvalue weighted by Crippen LogP contribution is -2.08. The minimum Gasteiger partial charge on any atom is -0.103 e. The van der Waals surface area contributed by atoms with Gasteiger partial charge in [0.15, 0.2) is 0 Å². The fourth-order valence-electron chi connectivity index (χ4n) is 2.66. The van der Waals surface area contributed by atoms with Crippen molar-refractivity contribution in [3.63, 3.8) is 0 Å². The molecule has 1 unspecified atom stereocenters. The Balaban J connectivity index is -0.000000184. The lowest BCUT2D eigenvalue weighted by atomic mass is 9.88. The maximum absolute atomic E-state index is 3.84. The van der Waals surface area contributed by atoms with Gasteiger partial charge in [-0.15, -0.1) is 6.58 Å². The zero-order valence-corrected chi connectivity index (χ0v) is 25.7. The van der Waals surface area contributed by atoms with Gasteiger partial charge in [0.1, 0.15) is 0 Å². The fraction of sp³-hybridized carbons (Fsp3) is 0.706. The summed E-state index contributed by atoms with van der Waals surface area (Å²) in [5.74, 6) is 5.49. The molecule has 0 nitrogen and oxygen atoms in total. The van der Waals surface area contributed by atoms with Gasteiger partial charge < -0.3 is 0 Å². The molecule has 34 heavy (non-hydrogen) atoms. The van der Waals surface area contributed by atoms with Gasteiger partial charge in [0.2, 0.25) is 0 Å². The molecule has 0 heteroatoms. The summed E-state index contributed by atoms with van der Waals surface area (Å²) in [5.41, 5.74) is 0. The van der Waals surface area contributed by atoms with Crippen LogP contribution in [-0.4, -0.2) is 0 Å². The molecular formula is C34H66. The van der Waals surface area contributed by atoms with E-state index in [4.69, 9.17) is 0 Å². The van der Waals surface area contributed by atoms with E-state index in [0.29, 0.717) is 5.92 Å². The highest BCUT2D eigenvalue weighted by Crippen LogP contribution is 2.20. The highest BCUT2D eigenvalue weighted by Gasteiger charge is 2.10. The molecule has 0 heterocycles. The Hall–Kier alpha value is -1.30. The molecule has 0 aliphatic rings. The van der Waals surface area contributed by atoms with Gasteiger partial charge in [0, 0.05) is 0 Å². The summed E-state index contributed by atoms with van der Waals surface area (Å²) < 4.78 is 0. The van der Waals surface area contributed by atoms with E-state index in [-0.39, 0.29) is 0 Å². The second-order valence-electron chi connectivity index (χ2n) is 11.7. The summed E-state index contributed by atoms with van der Waals surface area (Å²) >= 11 is 0. The molecule has 0 saturated heterocycles. The third-order valence-electron chi connectivity index (χ3n) is 4.83. The van der Waals surface area contributed by atoms with E-state index in [1.165, 1.54) is 32.1 Å². The second kappa shape index (κ2) is 29.7. The van der Waals surface area contributed by atoms with E-state index in [9.17, 15) is 0 Å². The summed E-state index contributed by atoms with van der Waals surface area (Å²) in [4.78, 5) is 0. The maximum Gasteiger partial charge on any atom is -0.0211 e. The minimum absolute atomic E-state index is 0.708. The van der Waals surface area contributed by atoms with E-state index in [1.807, 2.05) is 0 Å². The Morgan fingerprint density at radius 2 is 0.706 bits per heavy atom. The van der Waals surface area contributed by atoms with Crippen LogP contribution in [-0.2, 0) is 0 Å². The molecule has 0 aliphatic heterocycles. The minimum atomic E-state index is 0.708. The number of hydrogen-bond donors (Lipinski definition) is 0. The molecule has 0 saturated carbocycles. The Morgan fingerprint density at radius 3 is 0.794 bits per heavy atom. The molecule has 0 aromatic carbocycles. The van der Waals surface area contributed by atoms with Crippen molar-refractivity contribution in [1.29, 1.82) is 0 Å². The number of rotatable bonds is 13. The maximum atomic E-state index is 3.84. The Morgan fingerprint density at radius 1 is 0.441 bits per heavy atom. The van der Waals surface area contributed by atoms with E-state index in [1.54, 1.807) is 12.2 Å². The molecule has 0 amide bonds. The van der Waals surface area contributed by atoms with Gasteiger partial charge in [-0.05, 0) is 73.5 Å². The molecule has 0 aliphatic carbocycles. The molecule has 0 radical (unpaired) electrons. The normalized spacial score (nSPS) is 11.9. The summed E-state index contributed by atoms with van der Waals surface area (Å²) in [6.45, 7) is 37.6. The molecule has 0 spiro atoms. The molecular weight excluding hydrogens is 408 g/mol. The van der Waals surface area contributed by atoms with Crippen LogP contribution >= 0.6 is 0 Å². The first kappa shape index (κ1) is 39.9. The van der Waals surface area contributed by atoms with Crippen molar-refractivity contribution in [3.05, 3.63) is 62.3 Å². The van der Waals surface area contributed by atoms with Gasteiger partial charge in [-0.25, -0.2) is 0 Å². The van der Waals surface area contributed by atoms with Crippen LogP contribution in [0, 0.1) is 41.4 Å². The van der Waals surface area contributed by atoms with E-state index >= 15 is 0 Å². The van der Waals surface area contributed by atoms with Crippen molar-refractivity contribution in [3.8, 4) is 0 Å². The average molecular weight is 475 g/mol. The van der Waals surface area contributed by atoms with Crippen molar-refractivity contribution < 1.29 is 0 Å². The first-order chi connectivity index (χ1) is 15.7. The predicted molar refractivity (Wildman–Crippen MR) is 164 cm³/mol. The van der Waals surface area contributed by atoms with Gasteiger partial charge in [-0.2, -0.15) is 0 Å². The third kappa shape index (κ3) is 48.2. The largest absolute Gasteiger partial charge is 0.103 e. The Bertz CT molecular complexity index is 412. The molecule has 1 atom stereocenters. The average Bonchev–Trinajstić information content (AvgIpc) is 2.73. The van der Waals surface area contributed by atoms with Crippen molar-refractivity contribution >= 4 is 0 Å². The van der Waals surface area contributed by atoms with Crippen LogP contribution in [0.4, 0.5) is 0 Å². The monoisotopic (exact) mass is 475 g/mol. The lowest BCUT2D eigenvalue weighted by Gasteiger charge is -2.18. The van der Waals surface area contributed by atoms with Gasteiger partial charge in [-0.3, -0.25) is 0 Å². The number of allylic oxidation sites excluding steroid dienone is 7. The first-order valence-electron chi connectivity index (χ1n) is 13.9. The van der Waals surface area contributed by atoms with Gasteiger partial charge in [-0.1, -0.05) is 139 Å². The predicted octanol–water partition coefficient (Wildman–Crippen LogP) is 12.1. The smallest absolute Gasteiger partial charge is 0.0211 e. The van der Waals surface area contributed by atoms with Gasteiger partial charge in [0.05, 0.1) is 0 Å². The van der Waals surface area contributed by atoms with Crippen LogP contribution in [0.1, 0.15) is 115 Å². The standard InChI is InChI=1S/3C10H20.C4H6/c2*1-9(2)7-5-6-8-10(3)4;1-6-10(9(4)5)7-8(2)3;1-3-4-2/h2*5-6,9-10H,7-8H2,1-4H3;6,8-10H,1,7H2,2-5H3;3-4H,1-2H2/b6-5+;6-5-;;. The quantitative estimate of drug-likeness (QED) is 0.184. The Kier molecular flexibility index (Phi) is 34.9. The highest BCUT2D eigenvalue weighted by atomic mass is 14.2. The summed E-state index contributed by atoms with van der Waals surface area (Å²) in [7, 11) is 0. The van der Waals surface area contributed by atoms with Crippen molar-refractivity contribution in [2.45, 2.75) is 115 Å². The summed E-state index contributed by atoms with van der Waals surface area (Å²) in [6, 6.07) is 0. The topological polar surface area (TPSA) is 0 Å². The lowest BCUT2D eigenvalue weighted by molar-refractivity contribution is 0.381. The third-order valence-corrected chi connectivity index (χ3v) is 4.83. The molecule has 0 fully saturated rings. The van der Waals surface area contributed by atoms with E-state index < -0.39 is 0 Å². The van der Waals surface area contributed by atoms with E-state index in [0.717, 1.165) is 35.5 Å². The summed E-state index contributed by atoms with van der Waals surface area (Å²) in [5, 5.41) is 0. The molecule has 202 valence electrons. The second-order valence-corrected chi connectivity index (χ2v) is 11.7. The molecule has 0 rings (SSSR count). The number of hydrogen-bond acceptors (Lipinski definition) is 0. The van der Waals surface area contributed by atoms with Crippen LogP contribution < -0.4 is 0 Å². The van der Waals surface area contributed by atoms with Crippen LogP contribution in [0.3, 0.4) is 0 Å². The van der Waals surface area contributed by atoms with Crippen molar-refractivity contribution in [2.24, 2.45) is 41.4 Å². The SMILES string of the molecule is C=CC(CC(C)C)C(C)C.C=CC=C.CC(C)C/C=C/CC(C)C.CC(C)C/C=C\CC(C)C. The zero-order chi connectivity index (χ0) is 27.5.